The van der Waals surface area contributed by atoms with Crippen molar-refractivity contribution in [3.8, 4) is 0 Å². The number of nitrogens with zero attached hydrogens (tertiary/aromatic N) is 4. The van der Waals surface area contributed by atoms with E-state index in [1.54, 1.807) is 6.20 Å². The van der Waals surface area contributed by atoms with Gasteiger partial charge < -0.3 is 14.9 Å². The summed E-state index contributed by atoms with van der Waals surface area (Å²) in [6.07, 6.45) is 0.822. The molecule has 1 fully saturated rings. The molecular weight excluding hydrogens is 360 g/mol. The molecule has 1 aromatic carbocycles. The van der Waals surface area contributed by atoms with Crippen LogP contribution in [0.25, 0.3) is 10.9 Å². The van der Waals surface area contributed by atoms with Crippen LogP contribution in [0.1, 0.15) is 0 Å². The van der Waals surface area contributed by atoms with E-state index in [1.807, 2.05) is 12.1 Å². The number of hydrogen-bond donors (Lipinski definition) is 1. The van der Waals surface area contributed by atoms with Gasteiger partial charge in [0, 0.05) is 36.0 Å². The van der Waals surface area contributed by atoms with Crippen molar-refractivity contribution in [2.45, 2.75) is 0 Å². The number of benzene rings is 1. The predicted octanol–water partition coefficient (Wildman–Crippen LogP) is 2.85. The van der Waals surface area contributed by atoms with Crippen LogP contribution in [0.5, 0.6) is 0 Å². The Morgan fingerprint density at radius 1 is 1.29 bits per heavy atom. The van der Waals surface area contributed by atoms with Gasteiger partial charge in [0.1, 0.15) is 0 Å². The van der Waals surface area contributed by atoms with E-state index >= 15 is 0 Å². The number of carboxylic acid groups (broad SMARTS) is 1. The molecule has 0 aliphatic carbocycles. The summed E-state index contributed by atoms with van der Waals surface area (Å²) >= 11 is 9.54. The van der Waals surface area contributed by atoms with Gasteiger partial charge in [-0.05, 0) is 28.1 Å². The molecule has 0 atom stereocenters. The lowest BCUT2D eigenvalue weighted by Crippen LogP contribution is -2.48. The molecule has 1 aliphatic rings. The molecule has 1 N–H and O–H groups in total. The molecule has 6 nitrogen and oxygen atoms in total. The third kappa shape index (κ3) is 2.75. The Hall–Kier alpha value is -1.60. The largest absolute Gasteiger partial charge is 0.465 e. The van der Waals surface area contributed by atoms with Gasteiger partial charge >= 0.3 is 6.09 Å². The summed E-state index contributed by atoms with van der Waals surface area (Å²) in [4.78, 5) is 14.5. The fraction of sp³-hybridized carbons (Fsp3) is 0.308. The Bertz CT molecular complexity index is 704. The van der Waals surface area contributed by atoms with E-state index < -0.39 is 6.09 Å². The first-order chi connectivity index (χ1) is 10.1. The molecule has 0 bridgehead atoms. The Balaban J connectivity index is 1.94. The second-order valence-electron chi connectivity index (χ2n) is 4.77. The van der Waals surface area contributed by atoms with Crippen molar-refractivity contribution in [3.05, 3.63) is 27.8 Å². The van der Waals surface area contributed by atoms with Gasteiger partial charge in [-0.1, -0.05) is 11.6 Å². The summed E-state index contributed by atoms with van der Waals surface area (Å²) in [5.41, 5.74) is 1.68. The van der Waals surface area contributed by atoms with Crippen LogP contribution < -0.4 is 4.90 Å². The smallest absolute Gasteiger partial charge is 0.407 e. The summed E-state index contributed by atoms with van der Waals surface area (Å²) in [7, 11) is 0. The molecule has 1 aromatic heterocycles. The number of hydrogen-bond acceptors (Lipinski definition) is 4. The fourth-order valence-corrected chi connectivity index (χ4v) is 2.93. The standard InChI is InChI=1S/C13H12BrClN4O2/c14-9-6-11-8(5-10(9)15)12(7-16-17-11)18-1-3-19(4-2-18)13(20)21/h5-7H,1-4H2,(H,20,21). The molecule has 21 heavy (non-hydrogen) atoms. The van der Waals surface area contributed by atoms with Crippen molar-refractivity contribution in [1.82, 2.24) is 15.1 Å². The lowest BCUT2D eigenvalue weighted by Gasteiger charge is -2.34. The molecule has 2 aromatic rings. The zero-order valence-electron chi connectivity index (χ0n) is 11.0. The van der Waals surface area contributed by atoms with Crippen LogP contribution in [0.15, 0.2) is 22.8 Å². The molecule has 1 amide bonds. The number of anilines is 1. The van der Waals surface area contributed by atoms with Gasteiger partial charge in [-0.2, -0.15) is 10.2 Å². The first-order valence-electron chi connectivity index (χ1n) is 6.39. The number of aromatic nitrogens is 2. The van der Waals surface area contributed by atoms with Crippen LogP contribution in [-0.4, -0.2) is 52.5 Å². The zero-order chi connectivity index (χ0) is 15.0. The Morgan fingerprint density at radius 2 is 2.00 bits per heavy atom. The van der Waals surface area contributed by atoms with Crippen molar-refractivity contribution in [2.24, 2.45) is 0 Å². The zero-order valence-corrected chi connectivity index (χ0v) is 13.3. The van der Waals surface area contributed by atoms with Crippen LogP contribution in [-0.2, 0) is 0 Å². The summed E-state index contributed by atoms with van der Waals surface area (Å²) < 4.78 is 0.777. The van der Waals surface area contributed by atoms with Gasteiger partial charge in [0.15, 0.2) is 0 Å². The van der Waals surface area contributed by atoms with Gasteiger partial charge in [0.25, 0.3) is 0 Å². The molecule has 3 rings (SSSR count). The molecule has 1 saturated heterocycles. The summed E-state index contributed by atoms with van der Waals surface area (Å²) in [5.74, 6) is 0. The Labute approximate surface area is 134 Å². The summed E-state index contributed by atoms with van der Waals surface area (Å²) in [6, 6.07) is 3.69. The highest BCUT2D eigenvalue weighted by Crippen LogP contribution is 2.32. The maximum absolute atomic E-state index is 11.0. The molecule has 1 aliphatic heterocycles. The minimum absolute atomic E-state index is 0.476. The van der Waals surface area contributed by atoms with E-state index in [9.17, 15) is 4.79 Å². The Kier molecular flexibility index (Phi) is 3.86. The monoisotopic (exact) mass is 370 g/mol. The minimum Gasteiger partial charge on any atom is -0.465 e. The van der Waals surface area contributed by atoms with Crippen molar-refractivity contribution < 1.29 is 9.90 Å². The second kappa shape index (κ2) is 5.65. The molecule has 0 radical (unpaired) electrons. The van der Waals surface area contributed by atoms with Crippen LogP contribution in [0.2, 0.25) is 5.02 Å². The van der Waals surface area contributed by atoms with E-state index in [4.69, 9.17) is 16.7 Å². The maximum atomic E-state index is 11.0. The van der Waals surface area contributed by atoms with E-state index in [2.05, 4.69) is 31.0 Å². The molecular formula is C13H12BrClN4O2. The first kappa shape index (κ1) is 14.3. The van der Waals surface area contributed by atoms with Gasteiger partial charge in [-0.15, -0.1) is 0 Å². The normalized spacial score (nSPS) is 15.5. The first-order valence-corrected chi connectivity index (χ1v) is 7.56. The van der Waals surface area contributed by atoms with Crippen molar-refractivity contribution >= 4 is 50.2 Å². The van der Waals surface area contributed by atoms with Gasteiger partial charge in [0.05, 0.1) is 22.4 Å². The number of amides is 1. The number of halogens is 2. The predicted molar refractivity (Wildman–Crippen MR) is 84.1 cm³/mol. The van der Waals surface area contributed by atoms with E-state index in [0.29, 0.717) is 31.2 Å². The van der Waals surface area contributed by atoms with Crippen LogP contribution in [0.3, 0.4) is 0 Å². The average molecular weight is 372 g/mol. The topological polar surface area (TPSA) is 69.6 Å². The lowest BCUT2D eigenvalue weighted by molar-refractivity contribution is 0.142. The van der Waals surface area contributed by atoms with E-state index in [0.717, 1.165) is 21.1 Å². The quantitative estimate of drug-likeness (QED) is 0.835. The summed E-state index contributed by atoms with van der Waals surface area (Å²) in [5, 5.41) is 18.7. The van der Waals surface area contributed by atoms with Gasteiger partial charge in [0.2, 0.25) is 0 Å². The highest BCUT2D eigenvalue weighted by molar-refractivity contribution is 9.10. The average Bonchev–Trinajstić information content (AvgIpc) is 2.48. The molecule has 8 heteroatoms. The molecule has 0 saturated carbocycles. The number of carbonyl (C=O) groups is 1. The Morgan fingerprint density at radius 3 is 2.67 bits per heavy atom. The van der Waals surface area contributed by atoms with Crippen LogP contribution in [0, 0.1) is 0 Å². The molecule has 2 heterocycles. The lowest BCUT2D eigenvalue weighted by atomic mass is 10.2. The molecule has 0 unspecified atom stereocenters. The SMILES string of the molecule is O=C(O)N1CCN(c2cnnc3cc(Br)c(Cl)cc23)CC1. The fourth-order valence-electron chi connectivity index (χ4n) is 2.43. The van der Waals surface area contributed by atoms with Gasteiger partial charge in [-0.25, -0.2) is 4.79 Å². The number of rotatable bonds is 1. The molecule has 0 spiro atoms. The number of piperazine rings is 1. The second-order valence-corrected chi connectivity index (χ2v) is 6.03. The van der Waals surface area contributed by atoms with Crippen molar-refractivity contribution in [3.63, 3.8) is 0 Å². The van der Waals surface area contributed by atoms with Crippen LogP contribution in [0.4, 0.5) is 10.5 Å². The van der Waals surface area contributed by atoms with Crippen LogP contribution >= 0.6 is 27.5 Å². The summed E-state index contributed by atoms with van der Waals surface area (Å²) in [6.45, 7) is 2.20. The molecule has 110 valence electrons. The highest BCUT2D eigenvalue weighted by Gasteiger charge is 2.22. The van der Waals surface area contributed by atoms with E-state index in [1.165, 1.54) is 4.90 Å². The van der Waals surface area contributed by atoms with Crippen molar-refractivity contribution in [1.29, 1.82) is 0 Å². The van der Waals surface area contributed by atoms with Crippen molar-refractivity contribution in [2.75, 3.05) is 31.1 Å². The maximum Gasteiger partial charge on any atom is 0.407 e. The number of fused-ring (bicyclic) bond motifs is 1. The third-order valence-electron chi connectivity index (χ3n) is 3.55. The highest BCUT2D eigenvalue weighted by atomic mass is 79.9. The minimum atomic E-state index is -0.876. The third-order valence-corrected chi connectivity index (χ3v) is 4.75. The van der Waals surface area contributed by atoms with Gasteiger partial charge in [-0.3, -0.25) is 0 Å². The van der Waals surface area contributed by atoms with E-state index in [-0.39, 0.29) is 0 Å².